The molecule has 2 rings (SSSR count). The van der Waals surface area contributed by atoms with Gasteiger partial charge < -0.3 is 5.11 Å². The zero-order valence-corrected chi connectivity index (χ0v) is 10.4. The summed E-state index contributed by atoms with van der Waals surface area (Å²) in [5, 5.41) is 10.2. The summed E-state index contributed by atoms with van der Waals surface area (Å²) >= 11 is 1.72. The van der Waals surface area contributed by atoms with E-state index in [0.29, 0.717) is 0 Å². The van der Waals surface area contributed by atoms with Crippen molar-refractivity contribution in [3.05, 3.63) is 35.4 Å². The highest BCUT2D eigenvalue weighted by Crippen LogP contribution is 2.28. The number of aliphatic hydroxyl groups excluding tert-OH is 1. The third-order valence-electron chi connectivity index (χ3n) is 3.08. The molecule has 0 aromatic heterocycles. The molecule has 2 unspecified atom stereocenters. The molecular weight excluding hydrogens is 244 g/mol. The minimum Gasteiger partial charge on any atom is -0.387 e. The summed E-state index contributed by atoms with van der Waals surface area (Å²) in [7, 11) is 1.89. The largest absolute Gasteiger partial charge is 0.387 e. The first-order valence-corrected chi connectivity index (χ1v) is 6.66. The van der Waals surface area contributed by atoms with Crippen molar-refractivity contribution in [2.24, 2.45) is 0 Å². The van der Waals surface area contributed by atoms with Crippen molar-refractivity contribution in [2.75, 3.05) is 25.1 Å². The van der Waals surface area contributed by atoms with Crippen LogP contribution >= 0.6 is 11.8 Å². The number of likely N-dealkylation sites (N-methyl/N-ethyl adjacent to an activating group) is 1. The number of thioether (sulfide) groups is 1. The number of hydrogen-bond donors (Lipinski definition) is 1. The average Bonchev–Trinajstić information content (AvgIpc) is 2.32. The van der Waals surface area contributed by atoms with Crippen molar-refractivity contribution in [1.82, 2.24) is 4.90 Å². The topological polar surface area (TPSA) is 23.5 Å². The number of aliphatic hydroxyl groups is 1. The van der Waals surface area contributed by atoms with Crippen molar-refractivity contribution in [1.29, 1.82) is 0 Å². The quantitative estimate of drug-likeness (QED) is 0.879. The van der Waals surface area contributed by atoms with Gasteiger partial charge in [0.25, 0.3) is 0 Å². The zero-order chi connectivity index (χ0) is 12.4. The lowest BCUT2D eigenvalue weighted by Crippen LogP contribution is -2.43. The van der Waals surface area contributed by atoms with Crippen LogP contribution in [0.3, 0.4) is 0 Å². The Morgan fingerprint density at radius 2 is 2.24 bits per heavy atom. The van der Waals surface area contributed by atoms with Crippen LogP contribution in [0.25, 0.3) is 0 Å². The number of halogens is 2. The Hall–Kier alpha value is -0.650. The number of nitrogens with zero attached hydrogens (tertiary/aromatic N) is 1. The summed E-state index contributed by atoms with van der Waals surface area (Å²) in [4.78, 5) is 1.99. The standard InChI is InChI=1S/C12H15F2NOS/c1-15-4-5-17-7-11(15)12(16)9-6-8(13)2-3-10(9)14/h2-3,6,11-12,16H,4-5,7H2,1H3. The number of hydrogen-bond acceptors (Lipinski definition) is 3. The first-order valence-electron chi connectivity index (χ1n) is 5.50. The molecule has 1 N–H and O–H groups in total. The minimum absolute atomic E-state index is 0.0457. The summed E-state index contributed by atoms with van der Waals surface area (Å²) in [6.45, 7) is 0.851. The van der Waals surface area contributed by atoms with Gasteiger partial charge in [-0.05, 0) is 25.2 Å². The van der Waals surface area contributed by atoms with Gasteiger partial charge in [-0.1, -0.05) is 0 Å². The van der Waals surface area contributed by atoms with E-state index in [-0.39, 0.29) is 11.6 Å². The van der Waals surface area contributed by atoms with E-state index in [1.165, 1.54) is 0 Å². The molecule has 0 saturated carbocycles. The molecule has 17 heavy (non-hydrogen) atoms. The fourth-order valence-corrected chi connectivity index (χ4v) is 3.25. The molecule has 0 aliphatic carbocycles. The molecule has 0 bridgehead atoms. The molecule has 1 heterocycles. The fraction of sp³-hybridized carbons (Fsp3) is 0.500. The van der Waals surface area contributed by atoms with E-state index < -0.39 is 17.7 Å². The Kier molecular flexibility index (Phi) is 4.01. The molecule has 1 saturated heterocycles. The highest BCUT2D eigenvalue weighted by Gasteiger charge is 2.29. The van der Waals surface area contributed by atoms with Gasteiger partial charge in [-0.2, -0.15) is 11.8 Å². The van der Waals surface area contributed by atoms with Gasteiger partial charge in [0.1, 0.15) is 11.6 Å². The lowest BCUT2D eigenvalue weighted by molar-refractivity contribution is 0.0728. The van der Waals surface area contributed by atoms with Crippen LogP contribution in [0, 0.1) is 11.6 Å². The maximum Gasteiger partial charge on any atom is 0.129 e. The molecule has 0 amide bonds. The van der Waals surface area contributed by atoms with Crippen LogP contribution in [0.4, 0.5) is 8.78 Å². The molecule has 0 radical (unpaired) electrons. The SMILES string of the molecule is CN1CCSCC1C(O)c1cc(F)ccc1F. The second-order valence-corrected chi connectivity index (χ2v) is 5.38. The van der Waals surface area contributed by atoms with Gasteiger partial charge in [-0.15, -0.1) is 0 Å². The molecule has 0 spiro atoms. The fourth-order valence-electron chi connectivity index (χ4n) is 1.99. The summed E-state index contributed by atoms with van der Waals surface area (Å²) in [5.74, 6) is 0.660. The van der Waals surface area contributed by atoms with Crippen LogP contribution in [0.15, 0.2) is 18.2 Å². The normalized spacial score (nSPS) is 23.6. The van der Waals surface area contributed by atoms with E-state index in [1.54, 1.807) is 11.8 Å². The minimum atomic E-state index is -0.983. The van der Waals surface area contributed by atoms with Crippen LogP contribution in [-0.2, 0) is 0 Å². The highest BCUT2D eigenvalue weighted by atomic mass is 32.2. The second kappa shape index (κ2) is 5.33. The van der Waals surface area contributed by atoms with Crippen molar-refractivity contribution in [2.45, 2.75) is 12.1 Å². The smallest absolute Gasteiger partial charge is 0.129 e. The van der Waals surface area contributed by atoms with Gasteiger partial charge in [0.15, 0.2) is 0 Å². The Balaban J connectivity index is 2.23. The zero-order valence-electron chi connectivity index (χ0n) is 9.57. The van der Waals surface area contributed by atoms with Gasteiger partial charge >= 0.3 is 0 Å². The van der Waals surface area contributed by atoms with E-state index in [9.17, 15) is 13.9 Å². The van der Waals surface area contributed by atoms with Crippen LogP contribution < -0.4 is 0 Å². The van der Waals surface area contributed by atoms with Crippen LogP contribution in [0.5, 0.6) is 0 Å². The molecule has 1 aromatic rings. The Labute approximate surface area is 104 Å². The molecule has 5 heteroatoms. The molecule has 2 nitrogen and oxygen atoms in total. The van der Waals surface area contributed by atoms with Gasteiger partial charge in [-0.3, -0.25) is 4.90 Å². The van der Waals surface area contributed by atoms with Gasteiger partial charge in [-0.25, -0.2) is 8.78 Å². The van der Waals surface area contributed by atoms with E-state index in [1.807, 2.05) is 11.9 Å². The van der Waals surface area contributed by atoms with E-state index in [0.717, 1.165) is 36.2 Å². The molecule has 1 aliphatic rings. The molecule has 1 aromatic carbocycles. The third kappa shape index (κ3) is 2.78. The first-order chi connectivity index (χ1) is 8.09. The maximum atomic E-state index is 13.6. The number of rotatable bonds is 2. The molecular formula is C12H15F2NOS. The average molecular weight is 259 g/mol. The third-order valence-corrected chi connectivity index (χ3v) is 4.13. The van der Waals surface area contributed by atoms with Crippen molar-refractivity contribution in [3.8, 4) is 0 Å². The van der Waals surface area contributed by atoms with Crippen molar-refractivity contribution in [3.63, 3.8) is 0 Å². The summed E-state index contributed by atoms with van der Waals surface area (Å²) in [6.07, 6.45) is -0.983. The predicted molar refractivity (Wildman–Crippen MR) is 65.1 cm³/mol. The Bertz CT molecular complexity index is 402. The lowest BCUT2D eigenvalue weighted by atomic mass is 10.0. The van der Waals surface area contributed by atoms with Gasteiger partial charge in [0, 0.05) is 29.7 Å². The first kappa shape index (κ1) is 12.8. The van der Waals surface area contributed by atoms with Gasteiger partial charge in [0.2, 0.25) is 0 Å². The van der Waals surface area contributed by atoms with Crippen LogP contribution in [-0.4, -0.2) is 41.1 Å². The molecule has 1 aliphatic heterocycles. The Morgan fingerprint density at radius 3 is 2.94 bits per heavy atom. The number of benzene rings is 1. The van der Waals surface area contributed by atoms with Crippen LogP contribution in [0.2, 0.25) is 0 Å². The van der Waals surface area contributed by atoms with E-state index in [4.69, 9.17) is 0 Å². The van der Waals surface area contributed by atoms with E-state index >= 15 is 0 Å². The second-order valence-electron chi connectivity index (χ2n) is 4.23. The van der Waals surface area contributed by atoms with Crippen molar-refractivity contribution < 1.29 is 13.9 Å². The highest BCUT2D eigenvalue weighted by molar-refractivity contribution is 7.99. The molecule has 94 valence electrons. The predicted octanol–water partition coefficient (Wildman–Crippen LogP) is 2.05. The lowest BCUT2D eigenvalue weighted by Gasteiger charge is -2.35. The summed E-state index contributed by atoms with van der Waals surface area (Å²) in [5.41, 5.74) is 0.0457. The molecule has 1 fully saturated rings. The van der Waals surface area contributed by atoms with Crippen LogP contribution in [0.1, 0.15) is 11.7 Å². The summed E-state index contributed by atoms with van der Waals surface area (Å²) in [6, 6.07) is 3.03. The Morgan fingerprint density at radius 1 is 1.47 bits per heavy atom. The summed E-state index contributed by atoms with van der Waals surface area (Å²) < 4.78 is 26.6. The molecule has 2 atom stereocenters. The maximum absolute atomic E-state index is 13.6. The van der Waals surface area contributed by atoms with Gasteiger partial charge in [0.05, 0.1) is 6.10 Å². The van der Waals surface area contributed by atoms with Crippen molar-refractivity contribution >= 4 is 11.8 Å². The van der Waals surface area contributed by atoms with E-state index in [2.05, 4.69) is 0 Å². The monoisotopic (exact) mass is 259 g/mol.